The number of aromatic nitrogens is 18. The molecule has 16 rings (SSSR count). The standard InChI is InChI=1S/C26H22FN9O.C15H12N6O2.C11H10FN3O2.C11H12FN3.C8H8BrF.C3H3N3O2/c1-15(16-3-5-19(27)6-4-16)36-14-20(12-30-36)31-25(37)18-9-21(22-13-29-34(2)23(22)10-18)17-7-8-35-24(11-17)32-26(28)33-35;1-20-12-5-9(14(22)23)4-10(11(12)7-17-20)8-2-3-21-13(6-8)18-15(16)19-21;1-8(9-2-4-10(12)5-3-9)14-7-11(6-13-14)15(16)17;1-8(15-7-11(13)6-14-15)9-2-4-10(12)5-3-9;1-6(9)7-2-4-8(10)5-3-7;7-6(8)3-1-4-5-2-3/h3-15H,1-2H3,(H2,28,33)(H,31,37);2-7H,1H3,(H2,16,19)(H,22,23);2-8H,1H3;2-8H,13H2,1H3;2-6H,1H3;1-2H,(H,4,5). The summed E-state index contributed by atoms with van der Waals surface area (Å²) in [6, 6.07) is 39.1. The van der Waals surface area contributed by atoms with Gasteiger partial charge in [-0.15, -0.1) is 10.2 Å². The SMILES string of the molecule is CC(Br)c1ccc(F)cc1.CC(c1ccc(F)cc1)n1cc(N)cn1.CC(c1ccc(F)cc1)n1cc(NC(=O)c2cc(-c3ccn4nc(N)nc4c3)c3cnn(C)c3c2)cn1.CC(c1ccc(F)cc1)n1cc([N+](=O)[O-])cn1.Cn1ncc2c(-c3ccn4nc(N)nc4c3)cc(C(=O)O)cc21.O=[N+]([O-])c1cn[nH]c1. The molecule has 0 aliphatic carbocycles. The number of halogens is 5. The van der Waals surface area contributed by atoms with Crippen molar-refractivity contribution in [1.82, 2.24) is 88.3 Å². The zero-order valence-corrected chi connectivity index (χ0v) is 60.7. The van der Waals surface area contributed by atoms with Gasteiger partial charge >= 0.3 is 17.3 Å². The van der Waals surface area contributed by atoms with Gasteiger partial charge in [0.25, 0.3) is 5.91 Å². The van der Waals surface area contributed by atoms with Crippen LogP contribution in [0.5, 0.6) is 0 Å². The number of hydrogen-bond acceptors (Lipinski definition) is 19. The van der Waals surface area contributed by atoms with Crippen LogP contribution in [-0.4, -0.2) is 115 Å². The van der Waals surface area contributed by atoms with Crippen molar-refractivity contribution in [3.63, 3.8) is 0 Å². The van der Waals surface area contributed by atoms with Gasteiger partial charge in [-0.25, -0.2) is 31.4 Å². The molecule has 36 heteroatoms. The van der Waals surface area contributed by atoms with Gasteiger partial charge in [-0.2, -0.15) is 40.6 Å². The minimum atomic E-state index is -0.984. The molecule has 9 N–H and O–H groups in total. The predicted molar refractivity (Wildman–Crippen MR) is 406 cm³/mol. The molecule has 6 aromatic carbocycles. The van der Waals surface area contributed by atoms with Crippen molar-refractivity contribution in [2.75, 3.05) is 22.5 Å². The van der Waals surface area contributed by atoms with Crippen LogP contribution < -0.4 is 22.5 Å². The van der Waals surface area contributed by atoms with E-state index in [4.69, 9.17) is 17.2 Å². The normalized spacial score (nSPS) is 12.0. The molecule has 4 unspecified atom stereocenters. The number of aromatic amines is 1. The number of aryl methyl sites for hydroxylation is 2. The molecule has 0 saturated carbocycles. The van der Waals surface area contributed by atoms with Gasteiger partial charge < -0.3 is 27.6 Å². The molecule has 1 amide bonds. The highest BCUT2D eigenvalue weighted by Crippen LogP contribution is 2.34. The first-order chi connectivity index (χ1) is 52.6. The largest absolute Gasteiger partial charge is 0.478 e. The number of carboxylic acid groups (broad SMARTS) is 1. The molecule has 0 fully saturated rings. The number of carbonyl (C=O) groups is 2. The van der Waals surface area contributed by atoms with E-state index in [0.717, 1.165) is 72.5 Å². The molecule has 0 bridgehead atoms. The monoisotopic (exact) mass is 1560 g/mol. The summed E-state index contributed by atoms with van der Waals surface area (Å²) in [7, 11) is 3.61. The first-order valence-corrected chi connectivity index (χ1v) is 34.1. The maximum Gasteiger partial charge on any atom is 0.335 e. The zero-order chi connectivity index (χ0) is 78.6. The van der Waals surface area contributed by atoms with E-state index in [-0.39, 0.29) is 76.1 Å². The quantitative estimate of drug-likeness (QED) is 0.0255. The summed E-state index contributed by atoms with van der Waals surface area (Å²) in [4.78, 5) is 52.7. The lowest BCUT2D eigenvalue weighted by Gasteiger charge is -2.12. The maximum atomic E-state index is 13.3. The minimum absolute atomic E-state index is 0.00926. The molecule has 0 aliphatic rings. The number of carboxylic acids is 1. The van der Waals surface area contributed by atoms with Gasteiger partial charge in [0.1, 0.15) is 41.9 Å². The Bertz CT molecular complexity index is 5900. The minimum Gasteiger partial charge on any atom is -0.478 e. The zero-order valence-electron chi connectivity index (χ0n) is 59.1. The molecule has 0 aliphatic heterocycles. The molecule has 110 heavy (non-hydrogen) atoms. The number of amides is 1. The number of nitrogen functional groups attached to an aromatic ring is 3. The van der Waals surface area contributed by atoms with Crippen LogP contribution in [0.2, 0.25) is 0 Å². The number of carbonyl (C=O) groups excluding carboxylic acids is 1. The Morgan fingerprint density at radius 1 is 0.518 bits per heavy atom. The summed E-state index contributed by atoms with van der Waals surface area (Å²) in [5.41, 5.74) is 28.6. The van der Waals surface area contributed by atoms with E-state index in [1.165, 1.54) is 71.8 Å². The Hall–Kier alpha value is -14.3. The Balaban J connectivity index is 0.000000141. The number of benzene rings is 6. The van der Waals surface area contributed by atoms with Crippen molar-refractivity contribution in [2.24, 2.45) is 14.1 Å². The lowest BCUT2D eigenvalue weighted by molar-refractivity contribution is -0.385. The highest BCUT2D eigenvalue weighted by molar-refractivity contribution is 9.09. The fraction of sp³-hybridized carbons (Fsp3) is 0.135. The molecular formula is C74H67BrF4N24O7. The van der Waals surface area contributed by atoms with Crippen LogP contribution in [0.1, 0.15) is 93.6 Å². The highest BCUT2D eigenvalue weighted by Gasteiger charge is 2.20. The maximum absolute atomic E-state index is 13.3. The van der Waals surface area contributed by atoms with E-state index >= 15 is 0 Å². The summed E-state index contributed by atoms with van der Waals surface area (Å²) >= 11 is 3.38. The van der Waals surface area contributed by atoms with Crippen molar-refractivity contribution in [3.8, 4) is 22.3 Å². The van der Waals surface area contributed by atoms with Gasteiger partial charge in [-0.05, 0) is 169 Å². The number of hydrogen-bond donors (Lipinski definition) is 6. The highest BCUT2D eigenvalue weighted by atomic mass is 79.9. The third kappa shape index (κ3) is 18.7. The number of H-pyrrole nitrogens is 1. The first-order valence-electron chi connectivity index (χ1n) is 33.2. The van der Waals surface area contributed by atoms with Crippen LogP contribution in [0.25, 0.3) is 55.4 Å². The van der Waals surface area contributed by atoms with E-state index in [2.05, 4.69) is 77.1 Å². The number of nitrogens with two attached hydrogens (primary N) is 3. The molecule has 4 atom stereocenters. The molecule has 31 nitrogen and oxygen atoms in total. The van der Waals surface area contributed by atoms with Gasteiger partial charge in [-0.3, -0.25) is 53.5 Å². The Labute approximate surface area is 629 Å². The van der Waals surface area contributed by atoms with Crippen LogP contribution in [0.4, 0.5) is 52.2 Å². The smallest absolute Gasteiger partial charge is 0.335 e. The molecule has 10 heterocycles. The van der Waals surface area contributed by atoms with Gasteiger partial charge in [0.15, 0.2) is 11.3 Å². The van der Waals surface area contributed by atoms with Crippen LogP contribution in [0.15, 0.2) is 220 Å². The third-order valence-electron chi connectivity index (χ3n) is 17.1. The summed E-state index contributed by atoms with van der Waals surface area (Å²) in [6.07, 6.45) is 18.6. The van der Waals surface area contributed by atoms with E-state index in [0.29, 0.717) is 33.1 Å². The number of fused-ring (bicyclic) bond motifs is 4. The molecule has 10 aromatic heterocycles. The van der Waals surface area contributed by atoms with Crippen LogP contribution in [-0.2, 0) is 14.1 Å². The van der Waals surface area contributed by atoms with E-state index in [9.17, 15) is 52.5 Å². The number of aromatic carboxylic acids is 1. The van der Waals surface area contributed by atoms with Gasteiger partial charge in [-0.1, -0.05) is 64.5 Å². The third-order valence-corrected chi connectivity index (χ3v) is 17.7. The Morgan fingerprint density at radius 2 is 0.936 bits per heavy atom. The number of nitrogens with zero attached hydrogens (tertiary/aromatic N) is 19. The van der Waals surface area contributed by atoms with Crippen molar-refractivity contribution < 1.29 is 42.1 Å². The average Bonchev–Trinajstić information content (AvgIpc) is 1.57. The fourth-order valence-corrected chi connectivity index (χ4v) is 11.4. The van der Waals surface area contributed by atoms with Crippen LogP contribution in [0, 0.1) is 43.5 Å². The number of anilines is 4. The van der Waals surface area contributed by atoms with Crippen molar-refractivity contribution in [1.29, 1.82) is 0 Å². The topological polar surface area (TPSA) is 409 Å². The summed E-state index contributed by atoms with van der Waals surface area (Å²) in [5, 5.41) is 69.2. The second kappa shape index (κ2) is 33.8. The number of nitrogens with one attached hydrogen (secondary N) is 2. The molecule has 16 aromatic rings. The second-order valence-electron chi connectivity index (χ2n) is 24.5. The van der Waals surface area contributed by atoms with E-state index in [1.54, 1.807) is 151 Å². The number of nitro groups is 2. The number of alkyl halides is 1. The average molecular weight is 1560 g/mol. The lowest BCUT2D eigenvalue weighted by atomic mass is 9.99. The van der Waals surface area contributed by atoms with E-state index in [1.807, 2.05) is 65.1 Å². The summed E-state index contributed by atoms with van der Waals surface area (Å²) in [6.45, 7) is 7.78. The predicted octanol–water partition coefficient (Wildman–Crippen LogP) is 14.0. The number of pyridine rings is 2. The van der Waals surface area contributed by atoms with Crippen LogP contribution >= 0.6 is 15.9 Å². The molecule has 0 radical (unpaired) electrons. The van der Waals surface area contributed by atoms with E-state index < -0.39 is 15.8 Å². The van der Waals surface area contributed by atoms with Crippen molar-refractivity contribution in [3.05, 3.63) is 297 Å². The second-order valence-corrected chi connectivity index (χ2v) is 25.9. The first kappa shape index (κ1) is 76.8. The van der Waals surface area contributed by atoms with Crippen LogP contribution in [0.3, 0.4) is 0 Å². The molecule has 560 valence electrons. The Morgan fingerprint density at radius 3 is 1.34 bits per heavy atom. The summed E-state index contributed by atoms with van der Waals surface area (Å²) < 4.78 is 62.6. The van der Waals surface area contributed by atoms with Gasteiger partial charge in [0.05, 0.1) is 86.9 Å². The molecule has 0 spiro atoms. The van der Waals surface area contributed by atoms with Crippen molar-refractivity contribution in [2.45, 2.75) is 50.6 Å². The van der Waals surface area contributed by atoms with Crippen molar-refractivity contribution >= 4 is 95.6 Å². The summed E-state index contributed by atoms with van der Waals surface area (Å²) in [5.74, 6) is -1.91. The number of rotatable bonds is 14. The fourth-order valence-electron chi connectivity index (χ4n) is 11.1. The Kier molecular flexibility index (Phi) is 23.6. The van der Waals surface area contributed by atoms with Gasteiger partial charge in [0, 0.05) is 60.0 Å². The molecule has 0 saturated heterocycles. The molecular weight excluding hydrogens is 1490 g/mol. The van der Waals surface area contributed by atoms with Gasteiger partial charge in [0.2, 0.25) is 11.9 Å². The lowest BCUT2D eigenvalue weighted by Crippen LogP contribution is -2.12.